The van der Waals surface area contributed by atoms with E-state index < -0.39 is 0 Å². The van der Waals surface area contributed by atoms with Crippen molar-refractivity contribution in [3.63, 3.8) is 0 Å². The van der Waals surface area contributed by atoms with Crippen LogP contribution in [-0.2, 0) is 5.75 Å². The average Bonchev–Trinajstić information content (AvgIpc) is 2.33. The zero-order valence-electron chi connectivity index (χ0n) is 10.3. The third-order valence-corrected chi connectivity index (χ3v) is 3.41. The van der Waals surface area contributed by atoms with Gasteiger partial charge >= 0.3 is 0 Å². The summed E-state index contributed by atoms with van der Waals surface area (Å²) in [5, 5.41) is 3.28. The Kier molecular flexibility index (Phi) is 7.06. The third-order valence-electron chi connectivity index (χ3n) is 2.29. The van der Waals surface area contributed by atoms with Crippen LogP contribution in [-0.4, -0.2) is 17.3 Å². The molecule has 3 heteroatoms. The van der Waals surface area contributed by atoms with E-state index >= 15 is 0 Å². The standard InChI is InChI=1S/C13H22N2S/c1-3-5-9-16-11-12-6-7-13(15-10-12)14-8-4-2/h6-7,10H,3-5,8-9,11H2,1-2H3,(H,14,15). The molecule has 2 nitrogen and oxygen atoms in total. The minimum Gasteiger partial charge on any atom is -0.370 e. The van der Waals surface area contributed by atoms with E-state index in [1.807, 2.05) is 18.0 Å². The summed E-state index contributed by atoms with van der Waals surface area (Å²) < 4.78 is 0. The molecule has 0 aromatic carbocycles. The summed E-state index contributed by atoms with van der Waals surface area (Å²) in [6.45, 7) is 5.39. The van der Waals surface area contributed by atoms with Gasteiger partial charge in [-0.1, -0.05) is 26.3 Å². The van der Waals surface area contributed by atoms with Crippen LogP contribution in [0.2, 0.25) is 0 Å². The average molecular weight is 238 g/mol. The molecule has 1 rings (SSSR count). The molecule has 0 saturated heterocycles. The van der Waals surface area contributed by atoms with E-state index in [4.69, 9.17) is 0 Å². The van der Waals surface area contributed by atoms with Crippen LogP contribution in [0.5, 0.6) is 0 Å². The highest BCUT2D eigenvalue weighted by Gasteiger charge is 1.96. The van der Waals surface area contributed by atoms with Gasteiger partial charge in [0, 0.05) is 18.5 Å². The van der Waals surface area contributed by atoms with Crippen LogP contribution in [0.15, 0.2) is 18.3 Å². The van der Waals surface area contributed by atoms with Crippen molar-refractivity contribution in [3.8, 4) is 0 Å². The summed E-state index contributed by atoms with van der Waals surface area (Å²) in [5.41, 5.74) is 1.32. The second-order valence-corrected chi connectivity index (χ2v) is 4.99. The molecule has 16 heavy (non-hydrogen) atoms. The Morgan fingerprint density at radius 3 is 2.75 bits per heavy atom. The van der Waals surface area contributed by atoms with Gasteiger partial charge in [0.25, 0.3) is 0 Å². The molecule has 0 unspecified atom stereocenters. The molecular weight excluding hydrogens is 216 g/mol. The number of nitrogens with zero attached hydrogens (tertiary/aromatic N) is 1. The van der Waals surface area contributed by atoms with E-state index in [1.165, 1.54) is 24.2 Å². The molecule has 0 aliphatic heterocycles. The minimum absolute atomic E-state index is 0.990. The van der Waals surface area contributed by atoms with Crippen LogP contribution in [0.4, 0.5) is 5.82 Å². The summed E-state index contributed by atoms with van der Waals surface area (Å²) in [6.07, 6.45) is 5.71. The third kappa shape index (κ3) is 5.40. The highest BCUT2D eigenvalue weighted by atomic mass is 32.2. The second kappa shape index (κ2) is 8.45. The maximum Gasteiger partial charge on any atom is 0.125 e. The number of unbranched alkanes of at least 4 members (excludes halogenated alkanes) is 1. The molecule has 0 fully saturated rings. The Labute approximate surface area is 103 Å². The zero-order valence-corrected chi connectivity index (χ0v) is 11.1. The van der Waals surface area contributed by atoms with Crippen molar-refractivity contribution in [3.05, 3.63) is 23.9 Å². The Morgan fingerprint density at radius 1 is 1.25 bits per heavy atom. The molecule has 0 spiro atoms. The van der Waals surface area contributed by atoms with Crippen molar-refractivity contribution < 1.29 is 0 Å². The summed E-state index contributed by atoms with van der Waals surface area (Å²) >= 11 is 1.99. The molecule has 0 aliphatic rings. The van der Waals surface area contributed by atoms with Crippen molar-refractivity contribution >= 4 is 17.6 Å². The lowest BCUT2D eigenvalue weighted by atomic mass is 10.3. The van der Waals surface area contributed by atoms with Crippen LogP contribution >= 0.6 is 11.8 Å². The van der Waals surface area contributed by atoms with Crippen molar-refractivity contribution in [1.82, 2.24) is 4.98 Å². The van der Waals surface area contributed by atoms with E-state index in [0.717, 1.165) is 24.5 Å². The molecule has 1 heterocycles. The first-order chi connectivity index (χ1) is 7.86. The minimum atomic E-state index is 0.990. The Morgan fingerprint density at radius 2 is 2.12 bits per heavy atom. The van der Waals surface area contributed by atoms with Crippen LogP contribution in [0.1, 0.15) is 38.7 Å². The maximum absolute atomic E-state index is 4.39. The molecule has 0 atom stereocenters. The highest BCUT2D eigenvalue weighted by molar-refractivity contribution is 7.98. The van der Waals surface area contributed by atoms with Gasteiger partial charge in [-0.2, -0.15) is 11.8 Å². The van der Waals surface area contributed by atoms with Gasteiger partial charge < -0.3 is 5.32 Å². The van der Waals surface area contributed by atoms with E-state index in [-0.39, 0.29) is 0 Å². The van der Waals surface area contributed by atoms with Crippen molar-refractivity contribution in [2.24, 2.45) is 0 Å². The monoisotopic (exact) mass is 238 g/mol. The van der Waals surface area contributed by atoms with Gasteiger partial charge in [0.05, 0.1) is 0 Å². The van der Waals surface area contributed by atoms with Crippen LogP contribution in [0, 0.1) is 0 Å². The number of pyridine rings is 1. The fraction of sp³-hybridized carbons (Fsp3) is 0.615. The predicted molar refractivity (Wildman–Crippen MR) is 74.1 cm³/mol. The largest absolute Gasteiger partial charge is 0.370 e. The Balaban J connectivity index is 2.27. The predicted octanol–water partition coefficient (Wildman–Crippen LogP) is 3.94. The van der Waals surface area contributed by atoms with E-state index in [1.54, 1.807) is 0 Å². The molecule has 0 aliphatic carbocycles. The Hall–Kier alpha value is -0.700. The molecule has 0 bridgehead atoms. The number of hydrogen-bond donors (Lipinski definition) is 1. The number of hydrogen-bond acceptors (Lipinski definition) is 3. The highest BCUT2D eigenvalue weighted by Crippen LogP contribution is 2.14. The molecule has 0 radical (unpaired) electrons. The normalized spacial score (nSPS) is 10.4. The molecule has 1 N–H and O–H groups in total. The van der Waals surface area contributed by atoms with Gasteiger partial charge in [-0.15, -0.1) is 0 Å². The first-order valence-electron chi connectivity index (χ1n) is 6.13. The molecule has 1 aromatic heterocycles. The van der Waals surface area contributed by atoms with Crippen LogP contribution in [0.25, 0.3) is 0 Å². The Bertz CT molecular complexity index is 272. The SMILES string of the molecule is CCCCSCc1ccc(NCCC)nc1. The van der Waals surface area contributed by atoms with E-state index in [9.17, 15) is 0 Å². The molecule has 90 valence electrons. The van der Waals surface area contributed by atoms with Crippen molar-refractivity contribution in [2.45, 2.75) is 38.9 Å². The fourth-order valence-corrected chi connectivity index (χ4v) is 2.35. The van der Waals surface area contributed by atoms with Gasteiger partial charge in [-0.3, -0.25) is 0 Å². The van der Waals surface area contributed by atoms with Gasteiger partial charge in [0.15, 0.2) is 0 Å². The van der Waals surface area contributed by atoms with E-state index in [2.05, 4.69) is 36.3 Å². The lowest BCUT2D eigenvalue weighted by Gasteiger charge is -2.05. The summed E-state index contributed by atoms with van der Waals surface area (Å²) in [4.78, 5) is 4.39. The van der Waals surface area contributed by atoms with Gasteiger partial charge in [0.2, 0.25) is 0 Å². The van der Waals surface area contributed by atoms with Crippen molar-refractivity contribution in [2.75, 3.05) is 17.6 Å². The number of rotatable bonds is 8. The van der Waals surface area contributed by atoms with Gasteiger partial charge in [0.1, 0.15) is 5.82 Å². The summed E-state index contributed by atoms with van der Waals surface area (Å²) in [5.74, 6) is 3.33. The summed E-state index contributed by atoms with van der Waals surface area (Å²) in [7, 11) is 0. The number of nitrogens with one attached hydrogen (secondary N) is 1. The van der Waals surface area contributed by atoms with Gasteiger partial charge in [-0.25, -0.2) is 4.98 Å². The van der Waals surface area contributed by atoms with Crippen LogP contribution in [0.3, 0.4) is 0 Å². The summed E-state index contributed by atoms with van der Waals surface area (Å²) in [6, 6.07) is 4.25. The second-order valence-electron chi connectivity index (χ2n) is 3.88. The number of anilines is 1. The number of aromatic nitrogens is 1. The number of thioether (sulfide) groups is 1. The molecular formula is C13H22N2S. The smallest absolute Gasteiger partial charge is 0.125 e. The first kappa shape index (κ1) is 13.4. The quantitative estimate of drug-likeness (QED) is 0.694. The van der Waals surface area contributed by atoms with Crippen LogP contribution < -0.4 is 5.32 Å². The van der Waals surface area contributed by atoms with E-state index in [0.29, 0.717) is 0 Å². The van der Waals surface area contributed by atoms with Gasteiger partial charge in [-0.05, 0) is 30.2 Å². The zero-order chi connectivity index (χ0) is 11.6. The first-order valence-corrected chi connectivity index (χ1v) is 7.28. The lowest BCUT2D eigenvalue weighted by molar-refractivity contribution is 0.896. The fourth-order valence-electron chi connectivity index (χ4n) is 1.30. The van der Waals surface area contributed by atoms with Crippen molar-refractivity contribution in [1.29, 1.82) is 0 Å². The molecule has 0 saturated carbocycles. The molecule has 1 aromatic rings. The molecule has 0 amide bonds. The topological polar surface area (TPSA) is 24.9 Å². The maximum atomic E-state index is 4.39. The lowest BCUT2D eigenvalue weighted by Crippen LogP contribution is -2.01.